The molecule has 0 bridgehead atoms. The Hall–Kier alpha value is -1.88. The van der Waals surface area contributed by atoms with Crippen molar-refractivity contribution in [2.24, 2.45) is 11.5 Å². The molecule has 1 aromatic carbocycles. The number of primary amides is 1. The zero-order valence-corrected chi connectivity index (χ0v) is 11.5. The highest BCUT2D eigenvalue weighted by molar-refractivity contribution is 5.95. The molecular weight excluding hydrogens is 254 g/mol. The molecule has 20 heavy (non-hydrogen) atoms. The van der Waals surface area contributed by atoms with Crippen LogP contribution in [0.3, 0.4) is 0 Å². The van der Waals surface area contributed by atoms with E-state index in [9.17, 15) is 9.59 Å². The van der Waals surface area contributed by atoms with E-state index in [0.29, 0.717) is 17.7 Å². The van der Waals surface area contributed by atoms with Crippen LogP contribution in [-0.4, -0.2) is 17.4 Å². The van der Waals surface area contributed by atoms with Crippen LogP contribution in [0.4, 0.5) is 5.69 Å². The summed E-state index contributed by atoms with van der Waals surface area (Å²) in [4.78, 5) is 23.0. The third-order valence-electron chi connectivity index (χ3n) is 3.82. The van der Waals surface area contributed by atoms with E-state index in [1.165, 1.54) is 6.42 Å². The smallest absolute Gasteiger partial charge is 0.248 e. The number of anilines is 1. The van der Waals surface area contributed by atoms with Crippen LogP contribution in [0.5, 0.6) is 0 Å². The number of hydrogen-bond acceptors (Lipinski definition) is 3. The number of hydrogen-bond donors (Lipinski definition) is 3. The molecule has 0 aromatic heterocycles. The van der Waals surface area contributed by atoms with Gasteiger partial charge >= 0.3 is 0 Å². The molecule has 0 unspecified atom stereocenters. The second-order valence-electron chi connectivity index (χ2n) is 5.59. The van der Waals surface area contributed by atoms with E-state index in [-0.39, 0.29) is 11.4 Å². The first kappa shape index (κ1) is 14.5. The van der Waals surface area contributed by atoms with Crippen LogP contribution in [0.2, 0.25) is 0 Å². The van der Waals surface area contributed by atoms with E-state index in [2.05, 4.69) is 5.32 Å². The van der Waals surface area contributed by atoms with Crippen LogP contribution < -0.4 is 16.8 Å². The molecule has 0 spiro atoms. The minimum Gasteiger partial charge on any atom is -0.366 e. The monoisotopic (exact) mass is 275 g/mol. The van der Waals surface area contributed by atoms with E-state index >= 15 is 0 Å². The Kier molecular flexibility index (Phi) is 4.39. The summed E-state index contributed by atoms with van der Waals surface area (Å²) in [5, 5.41) is 2.81. The second kappa shape index (κ2) is 6.05. The van der Waals surface area contributed by atoms with E-state index in [4.69, 9.17) is 11.5 Å². The molecule has 1 aliphatic carbocycles. The minimum atomic E-state index is -0.481. The first-order chi connectivity index (χ1) is 9.48. The van der Waals surface area contributed by atoms with Crippen molar-refractivity contribution >= 4 is 17.5 Å². The lowest BCUT2D eigenvalue weighted by molar-refractivity contribution is -0.117. The van der Waals surface area contributed by atoms with Gasteiger partial charge < -0.3 is 16.8 Å². The molecule has 1 aliphatic rings. The summed E-state index contributed by atoms with van der Waals surface area (Å²) in [6.45, 7) is 0. The fraction of sp³-hybridized carbons (Fsp3) is 0.467. The van der Waals surface area contributed by atoms with Gasteiger partial charge in [0.25, 0.3) is 0 Å². The van der Waals surface area contributed by atoms with Gasteiger partial charge in [0.05, 0.1) is 0 Å². The molecule has 108 valence electrons. The molecule has 0 atom stereocenters. The highest BCUT2D eigenvalue weighted by Gasteiger charge is 2.29. The molecule has 5 nitrogen and oxygen atoms in total. The Morgan fingerprint density at radius 2 is 1.70 bits per heavy atom. The Labute approximate surface area is 118 Å². The zero-order chi connectivity index (χ0) is 14.6. The molecule has 0 radical (unpaired) electrons. The molecule has 0 saturated heterocycles. The molecule has 2 amide bonds. The standard InChI is InChI=1S/C15H21N3O2/c16-14(20)11-4-6-12(7-5-11)18-13(19)10-15(17)8-2-1-3-9-15/h4-7H,1-3,8-10,17H2,(H2,16,20)(H,18,19). The number of amides is 2. The van der Waals surface area contributed by atoms with Gasteiger partial charge in [-0.05, 0) is 37.1 Å². The molecule has 1 aromatic rings. The quantitative estimate of drug-likeness (QED) is 0.781. The number of nitrogens with one attached hydrogen (secondary N) is 1. The predicted octanol–water partition coefficient (Wildman–Crippen LogP) is 1.78. The number of carbonyl (C=O) groups is 2. The summed E-state index contributed by atoms with van der Waals surface area (Å²) in [6, 6.07) is 6.53. The lowest BCUT2D eigenvalue weighted by Crippen LogP contribution is -2.44. The van der Waals surface area contributed by atoms with Crippen molar-refractivity contribution in [1.29, 1.82) is 0 Å². The van der Waals surface area contributed by atoms with Gasteiger partial charge in [0.2, 0.25) is 11.8 Å². The second-order valence-corrected chi connectivity index (χ2v) is 5.59. The molecular formula is C15H21N3O2. The van der Waals surface area contributed by atoms with Gasteiger partial charge in [0, 0.05) is 23.2 Å². The average Bonchev–Trinajstić information content (AvgIpc) is 2.39. The van der Waals surface area contributed by atoms with Crippen LogP contribution in [-0.2, 0) is 4.79 Å². The molecule has 5 N–H and O–H groups in total. The lowest BCUT2D eigenvalue weighted by atomic mass is 9.80. The van der Waals surface area contributed by atoms with E-state index in [1.807, 2.05) is 0 Å². The number of benzene rings is 1. The van der Waals surface area contributed by atoms with E-state index < -0.39 is 5.91 Å². The summed E-state index contributed by atoms with van der Waals surface area (Å²) in [7, 11) is 0. The fourth-order valence-electron chi connectivity index (χ4n) is 2.68. The van der Waals surface area contributed by atoms with Gasteiger partial charge in [-0.25, -0.2) is 0 Å². The Balaban J connectivity index is 1.92. The number of rotatable bonds is 4. The molecule has 0 heterocycles. The lowest BCUT2D eigenvalue weighted by Gasteiger charge is -2.32. The van der Waals surface area contributed by atoms with Crippen molar-refractivity contribution in [2.45, 2.75) is 44.1 Å². The Morgan fingerprint density at radius 3 is 2.25 bits per heavy atom. The van der Waals surface area contributed by atoms with E-state index in [1.54, 1.807) is 24.3 Å². The highest BCUT2D eigenvalue weighted by Crippen LogP contribution is 2.28. The minimum absolute atomic E-state index is 0.0822. The van der Waals surface area contributed by atoms with Crippen LogP contribution in [0.1, 0.15) is 48.9 Å². The fourth-order valence-corrected chi connectivity index (χ4v) is 2.68. The maximum absolute atomic E-state index is 12.0. The van der Waals surface area contributed by atoms with Crippen molar-refractivity contribution in [1.82, 2.24) is 0 Å². The first-order valence-corrected chi connectivity index (χ1v) is 6.97. The Bertz CT molecular complexity index is 490. The largest absolute Gasteiger partial charge is 0.366 e. The number of carbonyl (C=O) groups excluding carboxylic acids is 2. The SMILES string of the molecule is NC(=O)c1ccc(NC(=O)CC2(N)CCCCC2)cc1. The van der Waals surface area contributed by atoms with Crippen molar-refractivity contribution < 1.29 is 9.59 Å². The normalized spacial score (nSPS) is 17.4. The van der Waals surface area contributed by atoms with Crippen molar-refractivity contribution in [3.8, 4) is 0 Å². The molecule has 2 rings (SSSR count). The van der Waals surface area contributed by atoms with Gasteiger partial charge in [-0.2, -0.15) is 0 Å². The predicted molar refractivity (Wildman–Crippen MR) is 78.2 cm³/mol. The van der Waals surface area contributed by atoms with Gasteiger partial charge in [0.15, 0.2) is 0 Å². The maximum atomic E-state index is 12.0. The highest BCUT2D eigenvalue weighted by atomic mass is 16.2. The van der Waals surface area contributed by atoms with Crippen molar-refractivity contribution in [2.75, 3.05) is 5.32 Å². The average molecular weight is 275 g/mol. The Morgan fingerprint density at radius 1 is 1.10 bits per heavy atom. The summed E-state index contributed by atoms with van der Waals surface area (Å²) in [6.07, 6.45) is 5.54. The zero-order valence-electron chi connectivity index (χ0n) is 11.5. The van der Waals surface area contributed by atoms with Crippen LogP contribution in [0, 0.1) is 0 Å². The first-order valence-electron chi connectivity index (χ1n) is 6.97. The molecule has 0 aliphatic heterocycles. The third-order valence-corrected chi connectivity index (χ3v) is 3.82. The van der Waals surface area contributed by atoms with Crippen LogP contribution in [0.15, 0.2) is 24.3 Å². The molecule has 1 fully saturated rings. The van der Waals surface area contributed by atoms with Crippen molar-refractivity contribution in [3.63, 3.8) is 0 Å². The van der Waals surface area contributed by atoms with Gasteiger partial charge in [-0.15, -0.1) is 0 Å². The third kappa shape index (κ3) is 3.81. The van der Waals surface area contributed by atoms with Gasteiger partial charge in [0.1, 0.15) is 0 Å². The number of nitrogens with two attached hydrogens (primary N) is 2. The van der Waals surface area contributed by atoms with Crippen LogP contribution >= 0.6 is 0 Å². The van der Waals surface area contributed by atoms with E-state index in [0.717, 1.165) is 25.7 Å². The summed E-state index contributed by atoms with van der Waals surface area (Å²) >= 11 is 0. The summed E-state index contributed by atoms with van der Waals surface area (Å²) in [5.74, 6) is -0.563. The molecule has 1 saturated carbocycles. The van der Waals surface area contributed by atoms with Crippen molar-refractivity contribution in [3.05, 3.63) is 29.8 Å². The summed E-state index contributed by atoms with van der Waals surface area (Å²) in [5.41, 5.74) is 12.1. The topological polar surface area (TPSA) is 98.2 Å². The van der Waals surface area contributed by atoms with Crippen LogP contribution in [0.25, 0.3) is 0 Å². The van der Waals surface area contributed by atoms with Gasteiger partial charge in [-0.3, -0.25) is 9.59 Å². The maximum Gasteiger partial charge on any atom is 0.248 e. The summed E-state index contributed by atoms with van der Waals surface area (Å²) < 4.78 is 0. The molecule has 5 heteroatoms. The van der Waals surface area contributed by atoms with Gasteiger partial charge in [-0.1, -0.05) is 19.3 Å².